The van der Waals surface area contributed by atoms with Crippen molar-refractivity contribution in [3.05, 3.63) is 116 Å². The van der Waals surface area contributed by atoms with Crippen LogP contribution in [0.2, 0.25) is 0 Å². The number of halogens is 7. The number of nitrogens with zero attached hydrogens (tertiary/aromatic N) is 2. The van der Waals surface area contributed by atoms with Crippen LogP contribution < -0.4 is 14.5 Å². The number of carbonyl (C=O) groups is 2. The molecule has 4 aliphatic rings. The number of fused-ring (bicyclic) bond motifs is 2. The zero-order chi connectivity index (χ0) is 50.6. The molecular weight excluding hydrogens is 934 g/mol. The number of aromatic hydroxyl groups is 1. The molecule has 2 amide bonds. The molecule has 2 heterocycles. The number of alkyl halides is 7. The van der Waals surface area contributed by atoms with Crippen LogP contribution in [0.1, 0.15) is 168 Å². The van der Waals surface area contributed by atoms with Gasteiger partial charge in [-0.05, 0) is 187 Å². The van der Waals surface area contributed by atoms with E-state index < -0.39 is 34.7 Å². The zero-order valence-electron chi connectivity index (χ0n) is 40.9. The van der Waals surface area contributed by atoms with Gasteiger partial charge in [0.05, 0.1) is 22.5 Å². The fourth-order valence-electron chi connectivity index (χ4n) is 9.66. The van der Waals surface area contributed by atoms with Crippen LogP contribution in [0.4, 0.5) is 47.3 Å². The maximum absolute atomic E-state index is 13.8. The minimum Gasteiger partial charge on any atom is -0.508 e. The Morgan fingerprint density at radius 3 is 1.47 bits per heavy atom. The molecule has 15 heteroatoms. The van der Waals surface area contributed by atoms with E-state index in [-0.39, 0.29) is 49.7 Å². The molecule has 0 bridgehead atoms. The molecule has 0 atom stereocenters. The fraction of sp³-hybridized carbons (Fsp3) is 0.527. The number of carbonyl (C=O) groups excluding carboxylic acids is 2. The van der Waals surface area contributed by atoms with E-state index in [1.165, 1.54) is 12.1 Å². The molecule has 8 nitrogen and oxygen atoms in total. The quantitative estimate of drug-likeness (QED) is 0.153. The predicted octanol–water partition coefficient (Wildman–Crippen LogP) is 16.3. The Balaban J connectivity index is 0.000000214. The van der Waals surface area contributed by atoms with Crippen molar-refractivity contribution in [3.63, 3.8) is 0 Å². The number of phenols is 1. The average Bonchev–Trinajstić information content (AvgIpc) is 4.11. The molecule has 0 unspecified atom stereocenters. The highest BCUT2D eigenvalue weighted by Gasteiger charge is 2.38. The van der Waals surface area contributed by atoms with Gasteiger partial charge in [-0.25, -0.2) is 9.59 Å². The van der Waals surface area contributed by atoms with Gasteiger partial charge >= 0.3 is 24.5 Å². The number of benzene rings is 4. The van der Waals surface area contributed by atoms with E-state index in [9.17, 15) is 41.0 Å². The highest BCUT2D eigenvalue weighted by Crippen LogP contribution is 2.44. The van der Waals surface area contributed by atoms with E-state index in [0.717, 1.165) is 91.4 Å². The maximum atomic E-state index is 13.8. The third kappa shape index (κ3) is 13.8. The molecular formula is C55H69ClF6N2O6. The normalized spacial score (nSPS) is 16.1. The summed E-state index contributed by atoms with van der Waals surface area (Å²) in [5.74, 6) is 1.06. The van der Waals surface area contributed by atoms with Crippen LogP contribution in [0.5, 0.6) is 11.5 Å². The monoisotopic (exact) mass is 1000 g/mol. The highest BCUT2D eigenvalue weighted by molar-refractivity contribution is 6.17. The lowest BCUT2D eigenvalue weighted by atomic mass is 9.91. The van der Waals surface area contributed by atoms with Crippen molar-refractivity contribution in [1.29, 1.82) is 0 Å². The summed E-state index contributed by atoms with van der Waals surface area (Å²) in [7, 11) is 0. The number of anilines is 2. The van der Waals surface area contributed by atoms with Gasteiger partial charge in [0.15, 0.2) is 0 Å². The van der Waals surface area contributed by atoms with Crippen LogP contribution in [0, 0.1) is 13.8 Å². The summed E-state index contributed by atoms with van der Waals surface area (Å²) < 4.78 is 97.1. The smallest absolute Gasteiger partial charge is 0.416 e. The third-order valence-electron chi connectivity index (χ3n) is 13.0. The summed E-state index contributed by atoms with van der Waals surface area (Å²) in [6.45, 7) is 16.0. The topological polar surface area (TPSA) is 88.5 Å². The second kappa shape index (κ2) is 22.5. The lowest BCUT2D eigenvalue weighted by Crippen LogP contribution is -2.35. The Morgan fingerprint density at radius 2 is 1.04 bits per heavy atom. The zero-order valence-corrected chi connectivity index (χ0v) is 41.6. The Bertz CT molecular complexity index is 2460. The van der Waals surface area contributed by atoms with E-state index in [1.807, 2.05) is 61.5 Å². The van der Waals surface area contributed by atoms with Gasteiger partial charge in [-0.15, -0.1) is 11.6 Å². The minimum absolute atomic E-state index is 0. The summed E-state index contributed by atoms with van der Waals surface area (Å²) in [5.41, 5.74) is 5.16. The van der Waals surface area contributed by atoms with Gasteiger partial charge in [-0.2, -0.15) is 26.3 Å². The number of hydrogen-bond acceptors (Lipinski definition) is 6. The van der Waals surface area contributed by atoms with Crippen molar-refractivity contribution in [1.82, 2.24) is 0 Å². The Kier molecular flexibility index (Phi) is 18.0. The molecule has 0 aromatic heterocycles. The first-order valence-corrected chi connectivity index (χ1v) is 24.3. The van der Waals surface area contributed by atoms with Gasteiger partial charge in [-0.1, -0.05) is 57.4 Å². The van der Waals surface area contributed by atoms with Crippen LogP contribution >= 0.6 is 11.6 Å². The summed E-state index contributed by atoms with van der Waals surface area (Å²) in [6, 6.07) is 16.1. The van der Waals surface area contributed by atoms with Crippen LogP contribution in [0.15, 0.2) is 60.7 Å². The molecule has 70 heavy (non-hydrogen) atoms. The van der Waals surface area contributed by atoms with E-state index >= 15 is 0 Å². The molecule has 4 aromatic rings. The van der Waals surface area contributed by atoms with Crippen molar-refractivity contribution in [2.24, 2.45) is 0 Å². The fourth-order valence-corrected chi connectivity index (χ4v) is 9.83. The standard InChI is InChI=1S/C27H32F3NO3.C14H19NO3.C13H14ClF3.CH4/c1-17-20-13-14-31(25(32)34-26(2,3)4)23(20)11-12-24(17)33-16-18-9-10-21(19-7-5-6-8-19)22(15-18)27(28,29)30;1-9-10-7-8-15(11(10)5-6-12(9)16)13(17)18-14(2,3)4;14-8-9-5-6-11(10-3-1-2-4-10)12(7-9)13(15,16)17;/h9-12,15,19H,5-8,13-14,16H2,1-4H3;5-6,16H,7-8H2,1-4H3;5-7,10H,1-4,8H2;1H4. The molecule has 2 aliphatic carbocycles. The first-order chi connectivity index (χ1) is 32.3. The molecule has 384 valence electrons. The molecule has 0 saturated heterocycles. The first-order valence-electron chi connectivity index (χ1n) is 23.8. The Hall–Kier alpha value is -5.11. The van der Waals surface area contributed by atoms with Crippen LogP contribution in [-0.4, -0.2) is 41.6 Å². The van der Waals surface area contributed by atoms with Crippen molar-refractivity contribution in [2.45, 2.75) is 175 Å². The highest BCUT2D eigenvalue weighted by atomic mass is 35.5. The summed E-state index contributed by atoms with van der Waals surface area (Å²) in [4.78, 5) is 27.9. The van der Waals surface area contributed by atoms with Gasteiger partial charge in [0.2, 0.25) is 0 Å². The van der Waals surface area contributed by atoms with E-state index in [2.05, 4.69) is 0 Å². The number of rotatable bonds is 6. The molecule has 8 rings (SSSR count). The van der Waals surface area contributed by atoms with Gasteiger partial charge in [0.1, 0.15) is 29.3 Å². The van der Waals surface area contributed by atoms with Gasteiger partial charge in [0, 0.05) is 19.0 Å². The van der Waals surface area contributed by atoms with Crippen molar-refractivity contribution < 1.29 is 55.2 Å². The molecule has 0 spiro atoms. The molecule has 4 aromatic carbocycles. The van der Waals surface area contributed by atoms with Crippen LogP contribution in [0.25, 0.3) is 0 Å². The minimum atomic E-state index is -4.39. The van der Waals surface area contributed by atoms with Crippen LogP contribution in [-0.2, 0) is 47.2 Å². The Labute approximate surface area is 414 Å². The summed E-state index contributed by atoms with van der Waals surface area (Å²) in [5, 5.41) is 9.66. The first kappa shape index (κ1) is 55.8. The third-order valence-corrected chi connectivity index (χ3v) is 13.3. The van der Waals surface area contributed by atoms with Gasteiger partial charge < -0.3 is 19.3 Å². The number of phenolic OH excluding ortho intramolecular Hbond substituents is 1. The van der Waals surface area contributed by atoms with Crippen molar-refractivity contribution in [2.75, 3.05) is 22.9 Å². The lowest BCUT2D eigenvalue weighted by molar-refractivity contribution is -0.139. The molecule has 1 N–H and O–H groups in total. The van der Waals surface area contributed by atoms with E-state index in [1.54, 1.807) is 52.3 Å². The summed E-state index contributed by atoms with van der Waals surface area (Å²) in [6.07, 6.45) is -0.575. The largest absolute Gasteiger partial charge is 0.508 e. The number of ether oxygens (including phenoxy) is 3. The molecule has 2 saturated carbocycles. The SMILES string of the molecule is C.Cc1c(O)ccc2c1CCN2C(=O)OC(C)(C)C.Cc1c(OCc2ccc(C3CCCC3)c(C(F)(F)F)c2)ccc2c1CCN2C(=O)OC(C)(C)C.FC(F)(F)c1cc(CCl)ccc1C1CCCC1. The average molecular weight is 1000 g/mol. The van der Waals surface area contributed by atoms with Gasteiger partial charge in [0.25, 0.3) is 0 Å². The molecule has 2 fully saturated rings. The Morgan fingerprint density at radius 1 is 0.629 bits per heavy atom. The number of amides is 2. The van der Waals surface area contributed by atoms with E-state index in [0.29, 0.717) is 47.5 Å². The van der Waals surface area contributed by atoms with Crippen molar-refractivity contribution in [3.8, 4) is 11.5 Å². The molecule has 2 aliphatic heterocycles. The van der Waals surface area contributed by atoms with E-state index in [4.69, 9.17) is 25.8 Å². The van der Waals surface area contributed by atoms with Crippen LogP contribution in [0.3, 0.4) is 0 Å². The second-order valence-corrected chi connectivity index (χ2v) is 20.6. The second-order valence-electron chi connectivity index (χ2n) is 20.4. The maximum Gasteiger partial charge on any atom is 0.416 e. The number of hydrogen-bond donors (Lipinski definition) is 1. The summed E-state index contributed by atoms with van der Waals surface area (Å²) >= 11 is 5.59. The van der Waals surface area contributed by atoms with Crippen molar-refractivity contribution >= 4 is 35.2 Å². The lowest BCUT2D eigenvalue weighted by Gasteiger charge is -2.25. The predicted molar refractivity (Wildman–Crippen MR) is 265 cm³/mol. The molecule has 0 radical (unpaired) electrons. The van der Waals surface area contributed by atoms with Gasteiger partial charge in [-0.3, -0.25) is 9.80 Å².